The van der Waals surface area contributed by atoms with Crippen molar-refractivity contribution in [2.24, 2.45) is 0 Å². The molecule has 1 saturated heterocycles. The molecule has 0 spiro atoms. The van der Waals surface area contributed by atoms with E-state index in [0.717, 1.165) is 44.7 Å². The first kappa shape index (κ1) is 18.2. The van der Waals surface area contributed by atoms with E-state index in [0.29, 0.717) is 5.69 Å². The number of anilines is 2. The summed E-state index contributed by atoms with van der Waals surface area (Å²) in [7, 11) is 0. The monoisotopic (exact) mass is 354 g/mol. The van der Waals surface area contributed by atoms with E-state index in [2.05, 4.69) is 34.6 Å². The third kappa shape index (κ3) is 4.73. The van der Waals surface area contributed by atoms with Crippen LogP contribution in [0.25, 0.3) is 0 Å². The van der Waals surface area contributed by atoms with Crippen LogP contribution in [0.3, 0.4) is 0 Å². The molecule has 1 heterocycles. The zero-order valence-electron chi connectivity index (χ0n) is 15.1. The molecule has 0 amide bonds. The van der Waals surface area contributed by atoms with E-state index in [-0.39, 0.29) is 16.7 Å². The standard InChI is InChI=1S/C20H26N4O2/c1-16(7-8-17-5-3-2-4-6-17)22-19-15-18(9-10-20(19)24(25)26)23-13-11-21-12-14-23/h2-6,9-10,15-16,21-22H,7-8,11-14H2,1H3/t16-/m1/s1. The molecule has 1 atom stereocenters. The highest BCUT2D eigenvalue weighted by Crippen LogP contribution is 2.30. The Morgan fingerprint density at radius 3 is 2.62 bits per heavy atom. The van der Waals surface area contributed by atoms with Crippen molar-refractivity contribution < 1.29 is 4.92 Å². The van der Waals surface area contributed by atoms with Crippen molar-refractivity contribution in [3.63, 3.8) is 0 Å². The Labute approximate surface area is 154 Å². The fourth-order valence-corrected chi connectivity index (χ4v) is 3.28. The Morgan fingerprint density at radius 1 is 1.19 bits per heavy atom. The lowest BCUT2D eigenvalue weighted by Crippen LogP contribution is -2.43. The van der Waals surface area contributed by atoms with Gasteiger partial charge in [-0.2, -0.15) is 0 Å². The summed E-state index contributed by atoms with van der Waals surface area (Å²) >= 11 is 0. The molecular formula is C20H26N4O2. The highest BCUT2D eigenvalue weighted by Gasteiger charge is 2.19. The number of piperazine rings is 1. The molecule has 1 aliphatic heterocycles. The lowest BCUT2D eigenvalue weighted by molar-refractivity contribution is -0.384. The molecule has 138 valence electrons. The summed E-state index contributed by atoms with van der Waals surface area (Å²) in [5.41, 5.74) is 3.06. The summed E-state index contributed by atoms with van der Waals surface area (Å²) in [5, 5.41) is 18.1. The Balaban J connectivity index is 1.70. The molecule has 0 unspecified atom stereocenters. The van der Waals surface area contributed by atoms with Gasteiger partial charge in [-0.3, -0.25) is 10.1 Å². The van der Waals surface area contributed by atoms with Gasteiger partial charge in [0, 0.05) is 44.0 Å². The maximum Gasteiger partial charge on any atom is 0.292 e. The predicted octanol–water partition coefficient (Wildman–Crippen LogP) is 3.44. The first-order chi connectivity index (χ1) is 12.6. The van der Waals surface area contributed by atoms with Crippen LogP contribution >= 0.6 is 0 Å². The van der Waals surface area contributed by atoms with Crippen LogP contribution in [0, 0.1) is 10.1 Å². The average molecular weight is 354 g/mol. The van der Waals surface area contributed by atoms with Gasteiger partial charge < -0.3 is 15.5 Å². The van der Waals surface area contributed by atoms with E-state index in [1.165, 1.54) is 5.56 Å². The Kier molecular flexibility index (Phi) is 6.07. The number of nitro groups is 1. The van der Waals surface area contributed by atoms with Crippen molar-refractivity contribution in [1.29, 1.82) is 0 Å². The highest BCUT2D eigenvalue weighted by atomic mass is 16.6. The first-order valence-electron chi connectivity index (χ1n) is 9.18. The summed E-state index contributed by atoms with van der Waals surface area (Å²) in [5.74, 6) is 0. The van der Waals surface area contributed by atoms with Gasteiger partial charge in [0.05, 0.1) is 4.92 Å². The number of hydrogen-bond donors (Lipinski definition) is 2. The van der Waals surface area contributed by atoms with Crippen LogP contribution in [0.15, 0.2) is 48.5 Å². The Bertz CT molecular complexity index is 730. The van der Waals surface area contributed by atoms with Crippen LogP contribution in [-0.4, -0.2) is 37.1 Å². The highest BCUT2D eigenvalue weighted by molar-refractivity contribution is 5.69. The van der Waals surface area contributed by atoms with Crippen LogP contribution < -0.4 is 15.5 Å². The zero-order chi connectivity index (χ0) is 18.4. The summed E-state index contributed by atoms with van der Waals surface area (Å²) in [6.07, 6.45) is 1.86. The molecule has 2 N–H and O–H groups in total. The fourth-order valence-electron chi connectivity index (χ4n) is 3.28. The molecule has 0 aliphatic carbocycles. The maximum absolute atomic E-state index is 11.4. The third-order valence-electron chi connectivity index (χ3n) is 4.77. The van der Waals surface area contributed by atoms with E-state index in [1.807, 2.05) is 30.3 Å². The molecule has 0 bridgehead atoms. The van der Waals surface area contributed by atoms with Gasteiger partial charge in [0.15, 0.2) is 0 Å². The summed E-state index contributed by atoms with van der Waals surface area (Å²) < 4.78 is 0. The van der Waals surface area contributed by atoms with Crippen molar-refractivity contribution in [2.75, 3.05) is 36.4 Å². The second-order valence-corrected chi connectivity index (χ2v) is 6.77. The fraction of sp³-hybridized carbons (Fsp3) is 0.400. The number of benzene rings is 2. The number of nitrogens with one attached hydrogen (secondary N) is 2. The molecule has 26 heavy (non-hydrogen) atoms. The van der Waals surface area contributed by atoms with Gasteiger partial charge in [-0.1, -0.05) is 30.3 Å². The number of rotatable bonds is 7. The molecule has 1 aliphatic rings. The first-order valence-corrected chi connectivity index (χ1v) is 9.18. The minimum atomic E-state index is -0.312. The molecular weight excluding hydrogens is 328 g/mol. The number of aryl methyl sites for hydroxylation is 1. The third-order valence-corrected chi connectivity index (χ3v) is 4.77. The van der Waals surface area contributed by atoms with Crippen LogP contribution in [-0.2, 0) is 6.42 Å². The van der Waals surface area contributed by atoms with E-state index in [4.69, 9.17) is 0 Å². The van der Waals surface area contributed by atoms with Gasteiger partial charge in [0.1, 0.15) is 5.69 Å². The number of nitro benzene ring substituents is 1. The quantitative estimate of drug-likeness (QED) is 0.589. The van der Waals surface area contributed by atoms with Crippen molar-refractivity contribution in [3.05, 3.63) is 64.2 Å². The van der Waals surface area contributed by atoms with Crippen LogP contribution in [0.1, 0.15) is 18.9 Å². The lowest BCUT2D eigenvalue weighted by atomic mass is 10.1. The van der Waals surface area contributed by atoms with Crippen molar-refractivity contribution in [3.8, 4) is 0 Å². The van der Waals surface area contributed by atoms with Crippen molar-refractivity contribution in [1.82, 2.24) is 5.32 Å². The van der Waals surface area contributed by atoms with Gasteiger partial charge in [0.2, 0.25) is 0 Å². The van der Waals surface area contributed by atoms with Gasteiger partial charge in [-0.25, -0.2) is 0 Å². The predicted molar refractivity (Wildman–Crippen MR) is 106 cm³/mol. The topological polar surface area (TPSA) is 70.4 Å². The second-order valence-electron chi connectivity index (χ2n) is 6.77. The number of hydrogen-bond acceptors (Lipinski definition) is 5. The second kappa shape index (κ2) is 8.67. The molecule has 6 heteroatoms. The molecule has 3 rings (SSSR count). The lowest BCUT2D eigenvalue weighted by Gasteiger charge is -2.30. The normalized spacial score (nSPS) is 15.5. The van der Waals surface area contributed by atoms with E-state index < -0.39 is 0 Å². The smallest absolute Gasteiger partial charge is 0.292 e. The minimum Gasteiger partial charge on any atom is -0.377 e. The van der Waals surface area contributed by atoms with Crippen LogP contribution in [0.2, 0.25) is 0 Å². The van der Waals surface area contributed by atoms with E-state index in [9.17, 15) is 10.1 Å². The van der Waals surface area contributed by atoms with Crippen molar-refractivity contribution >= 4 is 17.1 Å². The minimum absolute atomic E-state index is 0.135. The van der Waals surface area contributed by atoms with Crippen molar-refractivity contribution in [2.45, 2.75) is 25.8 Å². The SMILES string of the molecule is C[C@H](CCc1ccccc1)Nc1cc(N2CCNCC2)ccc1[N+](=O)[O-]. The Hall–Kier alpha value is -2.60. The Morgan fingerprint density at radius 2 is 1.92 bits per heavy atom. The largest absolute Gasteiger partial charge is 0.377 e. The molecule has 0 saturated carbocycles. The molecule has 2 aromatic carbocycles. The molecule has 0 aromatic heterocycles. The molecule has 1 fully saturated rings. The van der Waals surface area contributed by atoms with E-state index >= 15 is 0 Å². The van der Waals surface area contributed by atoms with Gasteiger partial charge in [-0.05, 0) is 37.5 Å². The van der Waals surface area contributed by atoms with Gasteiger partial charge >= 0.3 is 0 Å². The zero-order valence-corrected chi connectivity index (χ0v) is 15.1. The molecule has 0 radical (unpaired) electrons. The van der Waals surface area contributed by atoms with Gasteiger partial charge in [0.25, 0.3) is 5.69 Å². The maximum atomic E-state index is 11.4. The van der Waals surface area contributed by atoms with E-state index in [1.54, 1.807) is 6.07 Å². The number of nitrogens with zero attached hydrogens (tertiary/aromatic N) is 2. The molecule has 6 nitrogen and oxygen atoms in total. The summed E-state index contributed by atoms with van der Waals surface area (Å²) in [6.45, 7) is 5.78. The van der Waals surface area contributed by atoms with Crippen LogP contribution in [0.4, 0.5) is 17.1 Å². The summed E-state index contributed by atoms with van der Waals surface area (Å²) in [4.78, 5) is 13.4. The summed E-state index contributed by atoms with van der Waals surface area (Å²) in [6, 6.07) is 15.8. The van der Waals surface area contributed by atoms with Crippen LogP contribution in [0.5, 0.6) is 0 Å². The van der Waals surface area contributed by atoms with Gasteiger partial charge in [-0.15, -0.1) is 0 Å². The average Bonchev–Trinajstić information content (AvgIpc) is 2.67. The molecule has 2 aromatic rings.